The Labute approximate surface area is 130 Å². The molecule has 0 spiro atoms. The van der Waals surface area contributed by atoms with E-state index in [2.05, 4.69) is 47.1 Å². The van der Waals surface area contributed by atoms with E-state index in [1.807, 2.05) is 10.8 Å². The van der Waals surface area contributed by atoms with Crippen LogP contribution in [0.4, 0.5) is 5.13 Å². The van der Waals surface area contributed by atoms with Crippen LogP contribution in [0.1, 0.15) is 6.42 Å². The van der Waals surface area contributed by atoms with Gasteiger partial charge in [-0.2, -0.15) is 0 Å². The highest BCUT2D eigenvalue weighted by Crippen LogP contribution is 2.35. The van der Waals surface area contributed by atoms with E-state index in [4.69, 9.17) is 9.72 Å². The van der Waals surface area contributed by atoms with Gasteiger partial charge in [-0.3, -0.25) is 4.57 Å². The molecule has 2 fully saturated rings. The summed E-state index contributed by atoms with van der Waals surface area (Å²) in [5.74, 6) is 0.897. The molecule has 0 amide bonds. The summed E-state index contributed by atoms with van der Waals surface area (Å²) in [6.07, 6.45) is 3.43. The summed E-state index contributed by atoms with van der Waals surface area (Å²) in [5, 5.41) is 3.13. The van der Waals surface area contributed by atoms with Gasteiger partial charge < -0.3 is 9.64 Å². The van der Waals surface area contributed by atoms with Gasteiger partial charge in [0.25, 0.3) is 0 Å². The Balaban J connectivity index is 1.65. The number of rotatable bonds is 2. The summed E-state index contributed by atoms with van der Waals surface area (Å²) >= 11 is 8.47. The standard InChI is InChI=1S/C11H10Br2N4OS/c12-8-3-17(10(13)14-8)9-5-19-11(15-9)16-2-7-1-6(16)4-18-7/h3,5-7H,1-2,4H2. The number of hydrogen-bond acceptors (Lipinski definition) is 5. The van der Waals surface area contributed by atoms with E-state index in [9.17, 15) is 0 Å². The van der Waals surface area contributed by atoms with Gasteiger partial charge in [-0.25, -0.2) is 9.97 Å². The first-order valence-electron chi connectivity index (χ1n) is 5.95. The number of morpholine rings is 1. The summed E-state index contributed by atoms with van der Waals surface area (Å²) in [4.78, 5) is 11.3. The van der Waals surface area contributed by atoms with Crippen molar-refractivity contribution in [2.24, 2.45) is 0 Å². The van der Waals surface area contributed by atoms with Crippen LogP contribution in [0.15, 0.2) is 20.9 Å². The SMILES string of the molecule is Brc1cn(-c2csc(N3CC4CC3CO4)n2)c(Br)n1. The number of thiazole rings is 1. The fourth-order valence-electron chi connectivity index (χ4n) is 2.62. The van der Waals surface area contributed by atoms with Crippen LogP contribution < -0.4 is 4.90 Å². The van der Waals surface area contributed by atoms with Gasteiger partial charge in [-0.05, 0) is 38.3 Å². The third kappa shape index (κ3) is 2.05. The molecule has 100 valence electrons. The van der Waals surface area contributed by atoms with Gasteiger partial charge in [-0.15, -0.1) is 11.3 Å². The average molecular weight is 406 g/mol. The second-order valence-corrected chi connectivity index (χ2v) is 7.05. The zero-order valence-electron chi connectivity index (χ0n) is 9.79. The van der Waals surface area contributed by atoms with Gasteiger partial charge in [0.1, 0.15) is 4.60 Å². The first kappa shape index (κ1) is 12.3. The molecule has 0 aliphatic carbocycles. The maximum Gasteiger partial charge on any atom is 0.187 e. The van der Waals surface area contributed by atoms with Crippen molar-refractivity contribution in [1.29, 1.82) is 0 Å². The summed E-state index contributed by atoms with van der Waals surface area (Å²) in [6, 6.07) is 0.502. The van der Waals surface area contributed by atoms with Crippen LogP contribution in [0, 0.1) is 0 Å². The van der Waals surface area contributed by atoms with Crippen molar-refractivity contribution in [2.45, 2.75) is 18.6 Å². The normalized spacial score (nSPS) is 25.5. The topological polar surface area (TPSA) is 43.2 Å². The lowest BCUT2D eigenvalue weighted by Gasteiger charge is -2.25. The molecule has 4 heterocycles. The number of anilines is 1. The monoisotopic (exact) mass is 404 g/mol. The van der Waals surface area contributed by atoms with E-state index in [1.165, 1.54) is 0 Å². The predicted molar refractivity (Wildman–Crippen MR) is 80.1 cm³/mol. The van der Waals surface area contributed by atoms with Crippen molar-refractivity contribution >= 4 is 48.3 Å². The van der Waals surface area contributed by atoms with Crippen molar-refractivity contribution in [3.63, 3.8) is 0 Å². The smallest absolute Gasteiger partial charge is 0.187 e. The predicted octanol–water partition coefficient (Wildman–Crippen LogP) is 2.83. The summed E-state index contributed by atoms with van der Waals surface area (Å²) in [7, 11) is 0. The Kier molecular flexibility index (Phi) is 2.94. The number of halogens is 2. The van der Waals surface area contributed by atoms with Crippen LogP contribution in [-0.2, 0) is 4.74 Å². The van der Waals surface area contributed by atoms with Crippen molar-refractivity contribution in [3.8, 4) is 5.82 Å². The summed E-state index contributed by atoms with van der Waals surface area (Å²) < 4.78 is 9.10. The molecule has 2 aliphatic rings. The first-order chi connectivity index (χ1) is 9.20. The van der Waals surface area contributed by atoms with Crippen LogP contribution in [0.5, 0.6) is 0 Å². The zero-order valence-corrected chi connectivity index (χ0v) is 13.8. The molecule has 2 aromatic heterocycles. The summed E-state index contributed by atoms with van der Waals surface area (Å²) in [5.41, 5.74) is 0. The van der Waals surface area contributed by atoms with E-state index in [-0.39, 0.29) is 0 Å². The zero-order chi connectivity index (χ0) is 13.0. The van der Waals surface area contributed by atoms with E-state index in [0.29, 0.717) is 12.1 Å². The van der Waals surface area contributed by atoms with Gasteiger partial charge in [0.15, 0.2) is 15.7 Å². The fourth-order valence-corrected chi connectivity index (χ4v) is 4.59. The molecule has 0 saturated carbocycles. The highest BCUT2D eigenvalue weighted by Gasteiger charge is 2.40. The number of hydrogen-bond donors (Lipinski definition) is 0. The number of aromatic nitrogens is 3. The van der Waals surface area contributed by atoms with Crippen LogP contribution >= 0.6 is 43.2 Å². The first-order valence-corrected chi connectivity index (χ1v) is 8.42. The molecule has 2 saturated heterocycles. The lowest BCUT2D eigenvalue weighted by atomic mass is 10.2. The minimum Gasteiger partial charge on any atom is -0.374 e. The Bertz CT molecular complexity index is 628. The van der Waals surface area contributed by atoms with E-state index in [0.717, 1.165) is 39.9 Å². The van der Waals surface area contributed by atoms with Crippen molar-refractivity contribution in [3.05, 3.63) is 20.9 Å². The molecule has 19 heavy (non-hydrogen) atoms. The molecule has 2 aliphatic heterocycles. The number of fused-ring (bicyclic) bond motifs is 2. The van der Waals surface area contributed by atoms with Crippen molar-refractivity contribution < 1.29 is 4.74 Å². The highest BCUT2D eigenvalue weighted by atomic mass is 79.9. The number of imidazole rings is 1. The Morgan fingerprint density at radius 3 is 2.89 bits per heavy atom. The Morgan fingerprint density at radius 1 is 1.37 bits per heavy atom. The van der Waals surface area contributed by atoms with Gasteiger partial charge in [-0.1, -0.05) is 0 Å². The molecule has 2 bridgehead atoms. The summed E-state index contributed by atoms with van der Waals surface area (Å²) in [6.45, 7) is 1.80. The molecule has 4 rings (SSSR count). The lowest BCUT2D eigenvalue weighted by Crippen LogP contribution is -2.36. The van der Waals surface area contributed by atoms with E-state index in [1.54, 1.807) is 11.3 Å². The fraction of sp³-hybridized carbons (Fsp3) is 0.455. The van der Waals surface area contributed by atoms with Crippen molar-refractivity contribution in [2.75, 3.05) is 18.1 Å². The molecular weight excluding hydrogens is 396 g/mol. The number of ether oxygens (including phenoxy) is 1. The quantitative estimate of drug-likeness (QED) is 0.770. The molecular formula is C11H10Br2N4OS. The third-order valence-corrected chi connectivity index (χ3v) is 5.31. The highest BCUT2D eigenvalue weighted by molar-refractivity contribution is 9.11. The maximum absolute atomic E-state index is 5.62. The van der Waals surface area contributed by atoms with Gasteiger partial charge >= 0.3 is 0 Å². The molecule has 2 unspecified atom stereocenters. The Hall–Kier alpha value is -0.440. The van der Waals surface area contributed by atoms with Crippen LogP contribution in [0.25, 0.3) is 5.82 Å². The van der Waals surface area contributed by atoms with Crippen LogP contribution in [-0.4, -0.2) is 39.8 Å². The third-order valence-electron chi connectivity index (χ3n) is 3.51. The minimum atomic E-state index is 0.395. The molecule has 8 heteroatoms. The largest absolute Gasteiger partial charge is 0.374 e. The second-order valence-electron chi connectivity index (χ2n) is 4.69. The number of nitrogens with zero attached hydrogens (tertiary/aromatic N) is 4. The van der Waals surface area contributed by atoms with Crippen molar-refractivity contribution in [1.82, 2.24) is 14.5 Å². The van der Waals surface area contributed by atoms with E-state index >= 15 is 0 Å². The van der Waals surface area contributed by atoms with Gasteiger partial charge in [0.2, 0.25) is 0 Å². The minimum absolute atomic E-state index is 0.395. The molecule has 0 radical (unpaired) electrons. The molecule has 5 nitrogen and oxygen atoms in total. The lowest BCUT2D eigenvalue weighted by molar-refractivity contribution is 0.0991. The molecule has 2 atom stereocenters. The molecule has 2 aromatic rings. The van der Waals surface area contributed by atoms with Gasteiger partial charge in [0.05, 0.1) is 18.8 Å². The average Bonchev–Trinajstić information content (AvgIpc) is 3.11. The maximum atomic E-state index is 5.62. The van der Waals surface area contributed by atoms with E-state index < -0.39 is 0 Å². The van der Waals surface area contributed by atoms with Crippen LogP contribution in [0.3, 0.4) is 0 Å². The second kappa shape index (κ2) is 4.54. The molecule has 0 aromatic carbocycles. The van der Waals surface area contributed by atoms with Crippen LogP contribution in [0.2, 0.25) is 0 Å². The molecule has 0 N–H and O–H groups in total. The van der Waals surface area contributed by atoms with Gasteiger partial charge in [0, 0.05) is 18.1 Å². The Morgan fingerprint density at radius 2 is 2.26 bits per heavy atom.